The van der Waals surface area contributed by atoms with Gasteiger partial charge in [0.2, 0.25) is 5.91 Å². The molecule has 8 heteroatoms. The lowest BCUT2D eigenvalue weighted by molar-refractivity contribution is -0.120. The van der Waals surface area contributed by atoms with Crippen LogP contribution in [0.1, 0.15) is 24.1 Å². The van der Waals surface area contributed by atoms with Crippen LogP contribution in [0.4, 0.5) is 18.0 Å². The summed E-state index contributed by atoms with van der Waals surface area (Å²) < 4.78 is 38.9. The molecule has 2 rings (SSSR count). The number of carbonyl (C=O) groups is 2. The average molecular weight is 365 g/mol. The van der Waals surface area contributed by atoms with Crippen molar-refractivity contribution >= 4 is 11.9 Å². The molecule has 5 nitrogen and oxygen atoms in total. The second-order valence-corrected chi connectivity index (χ2v) is 5.63. The second kappa shape index (κ2) is 8.89. The molecule has 2 aromatic carbocycles. The van der Waals surface area contributed by atoms with Crippen molar-refractivity contribution in [3.63, 3.8) is 0 Å². The Morgan fingerprint density at radius 1 is 0.962 bits per heavy atom. The van der Waals surface area contributed by atoms with E-state index in [2.05, 4.69) is 16.0 Å². The van der Waals surface area contributed by atoms with E-state index in [1.807, 2.05) is 0 Å². The lowest BCUT2D eigenvalue weighted by Gasteiger charge is -2.15. The summed E-state index contributed by atoms with van der Waals surface area (Å²) in [4.78, 5) is 23.5. The molecule has 2 aromatic rings. The van der Waals surface area contributed by atoms with Crippen LogP contribution in [0, 0.1) is 17.5 Å². The first kappa shape index (κ1) is 19.3. The van der Waals surface area contributed by atoms with Crippen molar-refractivity contribution in [1.29, 1.82) is 0 Å². The van der Waals surface area contributed by atoms with Gasteiger partial charge in [-0.25, -0.2) is 18.0 Å². The van der Waals surface area contributed by atoms with Crippen molar-refractivity contribution < 1.29 is 22.8 Å². The molecule has 3 amide bonds. The summed E-state index contributed by atoms with van der Waals surface area (Å²) in [6, 6.07) is 7.86. The van der Waals surface area contributed by atoms with Crippen molar-refractivity contribution in [2.24, 2.45) is 0 Å². The van der Waals surface area contributed by atoms with E-state index in [1.165, 1.54) is 30.3 Å². The highest BCUT2D eigenvalue weighted by Crippen LogP contribution is 2.15. The van der Waals surface area contributed by atoms with E-state index in [0.717, 1.165) is 12.1 Å². The van der Waals surface area contributed by atoms with Gasteiger partial charge in [-0.05, 0) is 42.3 Å². The summed E-state index contributed by atoms with van der Waals surface area (Å²) in [6.07, 6.45) is 0. The van der Waals surface area contributed by atoms with Crippen LogP contribution in [-0.4, -0.2) is 18.5 Å². The number of urea groups is 1. The fraction of sp³-hybridized carbons (Fsp3) is 0.222. The first-order chi connectivity index (χ1) is 12.3. The van der Waals surface area contributed by atoms with Crippen molar-refractivity contribution in [3.05, 3.63) is 71.0 Å². The standard InChI is InChI=1S/C18H18F3N3O2/c1-11(13-4-7-15(20)16(21)8-13)24-17(25)10-23-18(26)22-9-12-2-5-14(19)6-3-12/h2-8,11H,9-10H2,1H3,(H,24,25)(H2,22,23,26)/t11-/m0/s1. The number of hydrogen-bond acceptors (Lipinski definition) is 2. The maximum atomic E-state index is 13.2. The predicted molar refractivity (Wildman–Crippen MR) is 89.6 cm³/mol. The number of nitrogens with one attached hydrogen (secondary N) is 3. The smallest absolute Gasteiger partial charge is 0.315 e. The van der Waals surface area contributed by atoms with Crippen LogP contribution in [0.25, 0.3) is 0 Å². The molecule has 0 spiro atoms. The molecule has 1 atom stereocenters. The number of carbonyl (C=O) groups excluding carboxylic acids is 2. The second-order valence-electron chi connectivity index (χ2n) is 5.63. The first-order valence-corrected chi connectivity index (χ1v) is 7.85. The normalized spacial score (nSPS) is 11.5. The van der Waals surface area contributed by atoms with E-state index in [1.54, 1.807) is 6.92 Å². The Morgan fingerprint density at radius 3 is 2.31 bits per heavy atom. The summed E-state index contributed by atoms with van der Waals surface area (Å²) >= 11 is 0. The van der Waals surface area contributed by atoms with Crippen LogP contribution in [0.15, 0.2) is 42.5 Å². The van der Waals surface area contributed by atoms with E-state index in [4.69, 9.17) is 0 Å². The first-order valence-electron chi connectivity index (χ1n) is 7.85. The van der Waals surface area contributed by atoms with E-state index in [9.17, 15) is 22.8 Å². The molecule has 0 saturated heterocycles. The Kier molecular flexibility index (Phi) is 6.60. The monoisotopic (exact) mass is 365 g/mol. The predicted octanol–water partition coefficient (Wildman–Crippen LogP) is 2.78. The van der Waals surface area contributed by atoms with Gasteiger partial charge in [-0.15, -0.1) is 0 Å². The zero-order valence-electron chi connectivity index (χ0n) is 14.0. The molecule has 0 unspecified atom stereocenters. The van der Waals surface area contributed by atoms with Crippen LogP contribution in [0.3, 0.4) is 0 Å². The van der Waals surface area contributed by atoms with Crippen LogP contribution < -0.4 is 16.0 Å². The van der Waals surface area contributed by atoms with E-state index in [-0.39, 0.29) is 18.9 Å². The van der Waals surface area contributed by atoms with Crippen molar-refractivity contribution in [3.8, 4) is 0 Å². The minimum atomic E-state index is -0.998. The van der Waals surface area contributed by atoms with Crippen LogP contribution in [0.5, 0.6) is 0 Å². The number of hydrogen-bond donors (Lipinski definition) is 3. The molecule has 0 heterocycles. The van der Waals surface area contributed by atoms with Crippen LogP contribution >= 0.6 is 0 Å². The molecule has 3 N–H and O–H groups in total. The molecule has 0 fully saturated rings. The van der Waals surface area contributed by atoms with Gasteiger partial charge in [0, 0.05) is 6.54 Å². The number of benzene rings is 2. The van der Waals surface area contributed by atoms with Crippen molar-refractivity contribution in [2.45, 2.75) is 19.5 Å². The van der Waals surface area contributed by atoms with Gasteiger partial charge in [0.1, 0.15) is 5.82 Å². The zero-order chi connectivity index (χ0) is 19.1. The minimum Gasteiger partial charge on any atom is -0.348 e. The summed E-state index contributed by atoms with van der Waals surface area (Å²) in [6.45, 7) is 1.50. The maximum absolute atomic E-state index is 13.2. The molecule has 0 aromatic heterocycles. The van der Waals surface area contributed by atoms with Crippen molar-refractivity contribution in [1.82, 2.24) is 16.0 Å². The van der Waals surface area contributed by atoms with E-state index >= 15 is 0 Å². The highest BCUT2D eigenvalue weighted by atomic mass is 19.2. The van der Waals surface area contributed by atoms with Gasteiger partial charge < -0.3 is 16.0 Å². The summed E-state index contributed by atoms with van der Waals surface area (Å²) in [7, 11) is 0. The van der Waals surface area contributed by atoms with Crippen LogP contribution in [-0.2, 0) is 11.3 Å². The molecule has 0 aliphatic heterocycles. The zero-order valence-corrected chi connectivity index (χ0v) is 14.0. The molecule has 0 saturated carbocycles. The Hall–Kier alpha value is -3.03. The van der Waals surface area contributed by atoms with Gasteiger partial charge in [0.25, 0.3) is 0 Å². The fourth-order valence-corrected chi connectivity index (χ4v) is 2.17. The average Bonchev–Trinajstić information content (AvgIpc) is 2.61. The van der Waals surface area contributed by atoms with Gasteiger partial charge in [-0.3, -0.25) is 4.79 Å². The number of rotatable bonds is 6. The van der Waals surface area contributed by atoms with Gasteiger partial charge in [0.05, 0.1) is 12.6 Å². The topological polar surface area (TPSA) is 70.2 Å². The largest absolute Gasteiger partial charge is 0.348 e. The van der Waals surface area contributed by atoms with Gasteiger partial charge >= 0.3 is 6.03 Å². The lowest BCUT2D eigenvalue weighted by Crippen LogP contribution is -2.42. The third-order valence-electron chi connectivity index (χ3n) is 3.60. The Balaban J connectivity index is 1.74. The molecule has 138 valence electrons. The molecular weight excluding hydrogens is 347 g/mol. The van der Waals surface area contributed by atoms with Gasteiger partial charge in [0.15, 0.2) is 11.6 Å². The Labute approximate surface area is 148 Å². The summed E-state index contributed by atoms with van der Waals surface area (Å²) in [5.74, 6) is -2.82. The Bertz CT molecular complexity index is 782. The highest BCUT2D eigenvalue weighted by molar-refractivity contribution is 5.84. The molecular formula is C18H18F3N3O2. The Morgan fingerprint density at radius 2 is 1.65 bits per heavy atom. The molecule has 0 aliphatic carbocycles. The molecule has 0 radical (unpaired) electrons. The third-order valence-corrected chi connectivity index (χ3v) is 3.60. The number of amides is 3. The van der Waals surface area contributed by atoms with Crippen molar-refractivity contribution in [2.75, 3.05) is 6.54 Å². The summed E-state index contributed by atoms with van der Waals surface area (Å²) in [5.41, 5.74) is 1.11. The SMILES string of the molecule is C[C@H](NC(=O)CNC(=O)NCc1ccc(F)cc1)c1ccc(F)c(F)c1. The van der Waals surface area contributed by atoms with Gasteiger partial charge in [-0.2, -0.15) is 0 Å². The minimum absolute atomic E-state index is 0.180. The quantitative estimate of drug-likeness (QED) is 0.737. The maximum Gasteiger partial charge on any atom is 0.315 e. The van der Waals surface area contributed by atoms with E-state index < -0.39 is 29.6 Å². The molecule has 0 bridgehead atoms. The number of halogens is 3. The summed E-state index contributed by atoms with van der Waals surface area (Å²) in [5, 5.41) is 7.47. The lowest BCUT2D eigenvalue weighted by atomic mass is 10.1. The van der Waals surface area contributed by atoms with E-state index in [0.29, 0.717) is 11.1 Å². The highest BCUT2D eigenvalue weighted by Gasteiger charge is 2.12. The van der Waals surface area contributed by atoms with Crippen LogP contribution in [0.2, 0.25) is 0 Å². The van der Waals surface area contributed by atoms with Gasteiger partial charge in [-0.1, -0.05) is 18.2 Å². The third kappa shape index (κ3) is 5.80. The molecule has 0 aliphatic rings. The fourth-order valence-electron chi connectivity index (χ4n) is 2.17. The molecule has 26 heavy (non-hydrogen) atoms.